The topological polar surface area (TPSA) is 72.7 Å². The van der Waals surface area contributed by atoms with Crippen molar-refractivity contribution in [2.75, 3.05) is 7.05 Å². The molecule has 4 nitrogen and oxygen atoms in total. The second-order valence-electron chi connectivity index (χ2n) is 0.885. The van der Waals surface area contributed by atoms with Crippen molar-refractivity contribution < 1.29 is 46.3 Å². The molecular weight excluding hydrogens is 109 g/mol. The molecule has 0 bridgehead atoms. The maximum absolute atomic E-state index is 7.83. The Hall–Kier alpha value is 0.840. The first-order chi connectivity index (χ1) is 2.56. The van der Waals surface area contributed by atoms with Crippen molar-refractivity contribution in [1.82, 2.24) is 5.32 Å². The van der Waals surface area contributed by atoms with Crippen molar-refractivity contribution in [3.05, 3.63) is 0 Å². The number of hydrogen-bond donors (Lipinski definition) is 4. The summed E-state index contributed by atoms with van der Waals surface area (Å²) in [6, 6.07) is 0. The van der Waals surface area contributed by atoms with Crippen LogP contribution in [0.5, 0.6) is 0 Å². The normalized spacial score (nSPS) is 10.3. The van der Waals surface area contributed by atoms with E-state index in [2.05, 4.69) is 0 Å². The molecular formula is C2H8NNaO3. The van der Waals surface area contributed by atoms with Gasteiger partial charge in [0.2, 0.25) is 0 Å². The summed E-state index contributed by atoms with van der Waals surface area (Å²) < 4.78 is 0. The third-order valence-electron chi connectivity index (χ3n) is 0.335. The molecule has 7 heavy (non-hydrogen) atoms. The Labute approximate surface area is 64.9 Å². The molecule has 5 heteroatoms. The van der Waals surface area contributed by atoms with Crippen LogP contribution in [-0.4, -0.2) is 28.5 Å². The zero-order valence-electron chi connectivity index (χ0n) is 5.34. The van der Waals surface area contributed by atoms with Crippen molar-refractivity contribution in [3.8, 4) is 0 Å². The van der Waals surface area contributed by atoms with Gasteiger partial charge in [0.1, 0.15) is 0 Å². The molecule has 0 aliphatic rings. The van der Waals surface area contributed by atoms with E-state index >= 15 is 0 Å². The Kier molecular flexibility index (Phi) is 5.83. The van der Waals surface area contributed by atoms with Gasteiger partial charge in [0, 0.05) is 0 Å². The second-order valence-corrected chi connectivity index (χ2v) is 0.885. The summed E-state index contributed by atoms with van der Waals surface area (Å²) >= 11 is 0. The fraction of sp³-hybridized carbons (Fsp3) is 1.00. The minimum atomic E-state index is -2.71. The van der Waals surface area contributed by atoms with E-state index in [1.807, 2.05) is 0 Å². The summed E-state index contributed by atoms with van der Waals surface area (Å²) in [6.45, 7) is 0. The van der Waals surface area contributed by atoms with Crippen LogP contribution in [0.3, 0.4) is 0 Å². The van der Waals surface area contributed by atoms with Crippen LogP contribution in [0.15, 0.2) is 0 Å². The van der Waals surface area contributed by atoms with Gasteiger partial charge in [-0.25, -0.2) is 5.32 Å². The monoisotopic (exact) mass is 117 g/mol. The molecule has 0 radical (unpaired) electrons. The molecule has 0 amide bonds. The molecule has 0 aliphatic carbocycles. The van der Waals surface area contributed by atoms with Crippen LogP contribution < -0.4 is 34.9 Å². The largest absolute Gasteiger partial charge is 1.00 e. The third kappa shape index (κ3) is 10.9. The number of aliphatic hydroxyl groups is 3. The molecule has 0 aromatic rings. The fourth-order valence-corrected chi connectivity index (χ4v) is 0. The average molecular weight is 117 g/mol. The van der Waals surface area contributed by atoms with Gasteiger partial charge in [0.15, 0.2) is 0 Å². The quantitative estimate of drug-likeness (QED) is 0.205. The summed E-state index contributed by atoms with van der Waals surface area (Å²) in [4.78, 5) is 0. The first kappa shape index (κ1) is 10.8. The van der Waals surface area contributed by atoms with Crippen LogP contribution in [0.25, 0.3) is 0 Å². The van der Waals surface area contributed by atoms with Gasteiger partial charge in [0.05, 0.1) is 0 Å². The predicted octanol–water partition coefficient (Wildman–Crippen LogP) is -5.09. The van der Waals surface area contributed by atoms with Crippen molar-refractivity contribution in [2.45, 2.75) is 6.10 Å². The summed E-state index contributed by atoms with van der Waals surface area (Å²) in [5, 5.41) is 25.3. The molecule has 0 saturated heterocycles. The van der Waals surface area contributed by atoms with Crippen molar-refractivity contribution in [3.63, 3.8) is 0 Å². The summed E-state index contributed by atoms with van der Waals surface area (Å²) in [6.07, 6.45) is -2.71. The fourth-order valence-electron chi connectivity index (χ4n) is 0. The van der Waals surface area contributed by atoms with Crippen LogP contribution in [0.2, 0.25) is 0 Å². The predicted molar refractivity (Wildman–Crippen MR) is 19.6 cm³/mol. The Morgan fingerprint density at radius 1 is 1.43 bits per heavy atom. The van der Waals surface area contributed by atoms with E-state index < -0.39 is 6.10 Å². The molecule has 0 aliphatic heterocycles. The first-order valence-electron chi connectivity index (χ1n) is 1.42. The first-order valence-corrected chi connectivity index (χ1v) is 1.42. The molecule has 0 atom stereocenters. The van der Waals surface area contributed by atoms with Crippen LogP contribution in [-0.2, 0) is 0 Å². The Morgan fingerprint density at radius 3 is 1.57 bits per heavy atom. The zero-order valence-corrected chi connectivity index (χ0v) is 6.34. The maximum atomic E-state index is 7.83. The SMILES string of the molecule is CNC(O)(O)O.[H-].[Na+]. The number of rotatable bonds is 1. The molecule has 0 spiro atoms. The molecule has 0 aromatic heterocycles. The molecule has 0 rings (SSSR count). The van der Waals surface area contributed by atoms with E-state index in [1.165, 1.54) is 7.05 Å². The van der Waals surface area contributed by atoms with Crippen LogP contribution in [0, 0.1) is 0 Å². The van der Waals surface area contributed by atoms with Gasteiger partial charge in [-0.15, -0.1) is 0 Å². The van der Waals surface area contributed by atoms with Crippen LogP contribution in [0.1, 0.15) is 1.43 Å². The third-order valence-corrected chi connectivity index (χ3v) is 0.335. The van der Waals surface area contributed by atoms with Crippen molar-refractivity contribution in [1.29, 1.82) is 0 Å². The van der Waals surface area contributed by atoms with Gasteiger partial charge >= 0.3 is 35.7 Å². The van der Waals surface area contributed by atoms with Gasteiger partial charge in [0.25, 0.3) is 0 Å². The summed E-state index contributed by atoms with van der Waals surface area (Å²) in [7, 11) is 1.21. The Bertz CT molecular complexity index is 47.0. The average Bonchev–Trinajstić information content (AvgIpc) is 1.35. The number of hydrogen-bond acceptors (Lipinski definition) is 4. The van der Waals surface area contributed by atoms with E-state index in [1.54, 1.807) is 5.32 Å². The van der Waals surface area contributed by atoms with Gasteiger partial charge in [-0.05, 0) is 7.05 Å². The Morgan fingerprint density at radius 2 is 1.57 bits per heavy atom. The Balaban J connectivity index is -0.000000125. The minimum Gasteiger partial charge on any atom is -1.00 e. The van der Waals surface area contributed by atoms with Crippen molar-refractivity contribution >= 4 is 0 Å². The van der Waals surface area contributed by atoms with E-state index in [-0.39, 0.29) is 31.0 Å². The van der Waals surface area contributed by atoms with Crippen LogP contribution in [0.4, 0.5) is 0 Å². The summed E-state index contributed by atoms with van der Waals surface area (Å²) in [5.74, 6) is 0. The van der Waals surface area contributed by atoms with E-state index in [9.17, 15) is 0 Å². The van der Waals surface area contributed by atoms with E-state index in [0.29, 0.717) is 0 Å². The molecule has 0 unspecified atom stereocenters. The standard InChI is InChI=1S/C2H7NO3.Na.H/c1-3-2(4,5)6;;/h3-6H,1H3;;/q;+1;-1. The molecule has 0 fully saturated rings. The van der Waals surface area contributed by atoms with Gasteiger partial charge in [-0.1, -0.05) is 0 Å². The van der Waals surface area contributed by atoms with Gasteiger partial charge < -0.3 is 16.7 Å². The van der Waals surface area contributed by atoms with Gasteiger partial charge in [-0.2, -0.15) is 0 Å². The molecule has 40 valence electrons. The van der Waals surface area contributed by atoms with Crippen LogP contribution >= 0.6 is 0 Å². The van der Waals surface area contributed by atoms with Crippen molar-refractivity contribution in [2.24, 2.45) is 0 Å². The van der Waals surface area contributed by atoms with E-state index in [4.69, 9.17) is 15.3 Å². The minimum absolute atomic E-state index is 0. The zero-order chi connectivity index (χ0) is 5.21. The number of nitrogens with one attached hydrogen (secondary N) is 1. The summed E-state index contributed by atoms with van der Waals surface area (Å²) in [5.41, 5.74) is 0. The second kappa shape index (κ2) is 3.80. The molecule has 0 saturated carbocycles. The van der Waals surface area contributed by atoms with E-state index in [0.717, 1.165) is 0 Å². The van der Waals surface area contributed by atoms with Gasteiger partial charge in [-0.3, -0.25) is 0 Å². The molecule has 4 N–H and O–H groups in total. The molecule has 0 heterocycles. The molecule has 0 aromatic carbocycles. The maximum Gasteiger partial charge on any atom is 1.00 e. The smallest absolute Gasteiger partial charge is 1.00 e.